The third-order valence-electron chi connectivity index (χ3n) is 5.75. The number of ether oxygens (including phenoxy) is 1. The second-order valence-corrected chi connectivity index (χ2v) is 10.9. The van der Waals surface area contributed by atoms with E-state index in [-0.39, 0.29) is 0 Å². The second-order valence-electron chi connectivity index (χ2n) is 7.66. The van der Waals surface area contributed by atoms with Crippen molar-refractivity contribution in [2.45, 2.75) is 6.42 Å². The van der Waals surface area contributed by atoms with Crippen molar-refractivity contribution in [3.05, 3.63) is 80.2 Å². The van der Waals surface area contributed by atoms with Crippen molar-refractivity contribution in [2.24, 2.45) is 9.98 Å². The van der Waals surface area contributed by atoms with E-state index in [0.717, 1.165) is 46.3 Å². The van der Waals surface area contributed by atoms with E-state index in [1.165, 1.54) is 10.5 Å². The number of fused-ring (bicyclic) bond motifs is 1. The van der Waals surface area contributed by atoms with Gasteiger partial charge in [-0.1, -0.05) is 29.8 Å². The largest absolute Gasteiger partial charge is 0.497 e. The molecule has 2 aromatic carbocycles. The fraction of sp³-hybridized carbons (Fsp3) is 0.208. The van der Waals surface area contributed by atoms with E-state index in [0.29, 0.717) is 23.2 Å². The van der Waals surface area contributed by atoms with Crippen LogP contribution in [0.4, 0.5) is 5.69 Å². The molecule has 1 atom stereocenters. The monoisotopic (exact) mass is 512 g/mol. The minimum absolute atomic E-state index is 0.519. The van der Waals surface area contributed by atoms with Gasteiger partial charge < -0.3 is 15.0 Å². The van der Waals surface area contributed by atoms with Crippen LogP contribution in [-0.2, 0) is 20.6 Å². The minimum Gasteiger partial charge on any atom is -0.497 e. The molecule has 0 saturated carbocycles. The molecule has 2 aromatic rings. The van der Waals surface area contributed by atoms with Crippen LogP contribution in [0.3, 0.4) is 0 Å². The number of aliphatic imine (C=N–C) groups is 2. The Morgan fingerprint density at radius 2 is 1.97 bits per heavy atom. The van der Waals surface area contributed by atoms with Crippen molar-refractivity contribution in [2.75, 3.05) is 32.1 Å². The molecule has 3 aliphatic heterocycles. The maximum Gasteiger partial charge on any atom is 0.173 e. The van der Waals surface area contributed by atoms with Crippen LogP contribution < -0.4 is 10.1 Å². The number of hydrogen-bond acceptors (Lipinski definition) is 5. The van der Waals surface area contributed by atoms with Crippen molar-refractivity contribution >= 4 is 67.2 Å². The topological polar surface area (TPSA) is 49.2 Å². The maximum absolute atomic E-state index is 6.55. The van der Waals surface area contributed by atoms with Crippen LogP contribution in [0.2, 0.25) is 5.02 Å². The van der Waals surface area contributed by atoms with E-state index in [1.54, 1.807) is 7.11 Å². The number of rotatable bonds is 3. The third kappa shape index (κ3) is 4.28. The number of benzene rings is 2. The number of methoxy groups -OCH3 is 1. The van der Waals surface area contributed by atoms with E-state index in [4.69, 9.17) is 49.7 Å². The summed E-state index contributed by atoms with van der Waals surface area (Å²) in [6.07, 6.45) is 2.68. The summed E-state index contributed by atoms with van der Waals surface area (Å²) in [6, 6.07) is 15.6. The molecule has 1 N–H and O–H groups in total. The van der Waals surface area contributed by atoms with Gasteiger partial charge in [0.05, 0.1) is 25.9 Å². The molecule has 0 aliphatic carbocycles. The van der Waals surface area contributed by atoms with Gasteiger partial charge >= 0.3 is 0 Å². The lowest BCUT2D eigenvalue weighted by molar-refractivity contribution is 0.415. The molecule has 5 rings (SSSR count). The standard InChI is InChI=1S/C24H21ClN4OS3/c1-30-16-8-6-15(7-9-16)28-24(31)29-13-10-18-20(14-29)33(32)23-21(18)22(26-11-12-27-23)17-4-2-3-5-19(17)25/h2-9,12H,10-11,13-14H2,1H3,(H,28,31). The van der Waals surface area contributed by atoms with Gasteiger partial charge in [-0.25, -0.2) is 0 Å². The number of nitrogens with one attached hydrogen (secondary N) is 1. The zero-order valence-electron chi connectivity index (χ0n) is 17.9. The van der Waals surface area contributed by atoms with Gasteiger partial charge in [-0.05, 0) is 75.2 Å². The van der Waals surface area contributed by atoms with Crippen LogP contribution in [0.5, 0.6) is 5.75 Å². The van der Waals surface area contributed by atoms with E-state index in [2.05, 4.69) is 10.2 Å². The van der Waals surface area contributed by atoms with Crippen molar-refractivity contribution in [3.8, 4) is 5.75 Å². The predicted molar refractivity (Wildman–Crippen MR) is 146 cm³/mol. The molecular weight excluding hydrogens is 492 g/mol. The van der Waals surface area contributed by atoms with E-state index < -0.39 is 9.45 Å². The van der Waals surface area contributed by atoms with Crippen LogP contribution >= 0.6 is 23.8 Å². The SMILES string of the molecule is COc1ccc(NC(=S)N2CCC3=C(C2)S(=S)C2=C3C(c3ccccc3Cl)=NCC=N2)cc1. The highest BCUT2D eigenvalue weighted by Crippen LogP contribution is 2.42. The zero-order valence-corrected chi connectivity index (χ0v) is 21.1. The van der Waals surface area contributed by atoms with Gasteiger partial charge in [0.15, 0.2) is 5.11 Å². The zero-order chi connectivity index (χ0) is 22.9. The molecular formula is C24H21ClN4OS3. The van der Waals surface area contributed by atoms with Crippen LogP contribution in [0.25, 0.3) is 0 Å². The quantitative estimate of drug-likeness (QED) is 0.594. The van der Waals surface area contributed by atoms with Crippen molar-refractivity contribution in [1.82, 2.24) is 4.90 Å². The Hall–Kier alpha value is -2.39. The number of thiocarbonyl (C=S) groups is 1. The van der Waals surface area contributed by atoms with Gasteiger partial charge in [0.1, 0.15) is 10.8 Å². The minimum atomic E-state index is -0.531. The Bertz CT molecular complexity index is 1280. The summed E-state index contributed by atoms with van der Waals surface area (Å²) < 4.78 is 5.23. The predicted octanol–water partition coefficient (Wildman–Crippen LogP) is 4.88. The first-order valence-corrected chi connectivity index (χ1v) is 13.4. The Morgan fingerprint density at radius 3 is 2.73 bits per heavy atom. The van der Waals surface area contributed by atoms with Gasteiger partial charge in [-0.2, -0.15) is 0 Å². The first-order valence-electron chi connectivity index (χ1n) is 10.5. The molecule has 0 amide bonds. The van der Waals surface area contributed by atoms with Gasteiger partial charge in [0.25, 0.3) is 0 Å². The first kappa shape index (κ1) is 22.4. The molecule has 3 heterocycles. The highest BCUT2D eigenvalue weighted by molar-refractivity contribution is 8.33. The fourth-order valence-electron chi connectivity index (χ4n) is 4.12. The average Bonchev–Trinajstić information content (AvgIpc) is 2.98. The van der Waals surface area contributed by atoms with E-state index >= 15 is 0 Å². The summed E-state index contributed by atoms with van der Waals surface area (Å²) in [5.74, 6) is 0.810. The Kier molecular flexibility index (Phi) is 6.42. The molecule has 0 saturated heterocycles. The molecule has 168 valence electrons. The number of hydrogen-bond donors (Lipinski definition) is 1. The highest BCUT2D eigenvalue weighted by Gasteiger charge is 2.36. The fourth-order valence-corrected chi connectivity index (χ4v) is 6.97. The number of allylic oxidation sites excluding steroid dienone is 1. The second kappa shape index (κ2) is 9.46. The van der Waals surface area contributed by atoms with Gasteiger partial charge in [0.2, 0.25) is 0 Å². The average molecular weight is 513 g/mol. The van der Waals surface area contributed by atoms with Crippen molar-refractivity contribution < 1.29 is 4.74 Å². The lowest BCUT2D eigenvalue weighted by Gasteiger charge is -2.31. The molecule has 9 heteroatoms. The molecule has 33 heavy (non-hydrogen) atoms. The van der Waals surface area contributed by atoms with Crippen LogP contribution in [0, 0.1) is 0 Å². The van der Waals surface area contributed by atoms with E-state index in [9.17, 15) is 0 Å². The van der Waals surface area contributed by atoms with Gasteiger partial charge in [-0.3, -0.25) is 9.98 Å². The van der Waals surface area contributed by atoms with Gasteiger partial charge in [-0.15, -0.1) is 0 Å². The molecule has 3 aliphatic rings. The summed E-state index contributed by atoms with van der Waals surface area (Å²) in [7, 11) is 1.12. The Balaban J connectivity index is 1.41. The van der Waals surface area contributed by atoms with Crippen LogP contribution in [-0.4, -0.2) is 48.7 Å². The molecule has 5 nitrogen and oxygen atoms in total. The summed E-state index contributed by atoms with van der Waals surface area (Å²) in [4.78, 5) is 12.9. The van der Waals surface area contributed by atoms with Gasteiger partial charge in [0, 0.05) is 39.5 Å². The summed E-state index contributed by atoms with van der Waals surface area (Å²) in [5, 5.41) is 5.64. The number of anilines is 1. The van der Waals surface area contributed by atoms with E-state index in [1.807, 2.05) is 54.7 Å². The Labute approximate surface area is 210 Å². The molecule has 0 bridgehead atoms. The van der Waals surface area contributed by atoms with Crippen molar-refractivity contribution in [1.29, 1.82) is 0 Å². The van der Waals surface area contributed by atoms with Crippen LogP contribution in [0.15, 0.2) is 79.6 Å². The summed E-state index contributed by atoms with van der Waals surface area (Å²) in [5.41, 5.74) is 5.07. The van der Waals surface area contributed by atoms with Crippen LogP contribution in [0.1, 0.15) is 12.0 Å². The lowest BCUT2D eigenvalue weighted by Crippen LogP contribution is -2.40. The molecule has 0 spiro atoms. The summed E-state index contributed by atoms with van der Waals surface area (Å²) >= 11 is 18.3. The Morgan fingerprint density at radius 1 is 1.18 bits per heavy atom. The molecule has 0 fully saturated rings. The molecule has 1 unspecified atom stereocenters. The first-order chi connectivity index (χ1) is 16.1. The molecule has 0 aromatic heterocycles. The number of halogens is 1. The highest BCUT2D eigenvalue weighted by atomic mass is 35.5. The normalized spacial score (nSPS) is 19.6. The molecule has 0 radical (unpaired) electrons. The maximum atomic E-state index is 6.55. The third-order valence-corrected chi connectivity index (χ3v) is 9.00. The summed E-state index contributed by atoms with van der Waals surface area (Å²) in [6.45, 7) is 2.00. The lowest BCUT2D eigenvalue weighted by atomic mass is 9.92. The van der Waals surface area contributed by atoms with Crippen molar-refractivity contribution in [3.63, 3.8) is 0 Å². The number of nitrogens with zero attached hydrogens (tertiary/aromatic N) is 3. The smallest absolute Gasteiger partial charge is 0.173 e.